The second kappa shape index (κ2) is 5.85. The molecule has 9 heteroatoms. The van der Waals surface area contributed by atoms with E-state index < -0.39 is 33.3 Å². The van der Waals surface area contributed by atoms with Crippen LogP contribution in [0.25, 0.3) is 0 Å². The van der Waals surface area contributed by atoms with Crippen LogP contribution in [0.2, 0.25) is 10.0 Å². The number of benzene rings is 1. The van der Waals surface area contributed by atoms with E-state index in [1.807, 2.05) is 0 Å². The minimum atomic E-state index is -4.63. The largest absolute Gasteiger partial charge is 0.422 e. The average Bonchev–Trinajstić information content (AvgIpc) is 2.20. The zero-order valence-corrected chi connectivity index (χ0v) is 11.3. The monoisotopic (exact) mass is 314 g/mol. The summed E-state index contributed by atoms with van der Waals surface area (Å²) in [7, 11) is -3.37. The van der Waals surface area contributed by atoms with Gasteiger partial charge in [0.25, 0.3) is 10.1 Å². The number of halogens is 2. The van der Waals surface area contributed by atoms with Crippen LogP contribution in [0, 0.1) is 0 Å². The smallest absolute Gasteiger partial charge is 0.337 e. The number of hydrogen-bond acceptors (Lipinski definition) is 5. The van der Waals surface area contributed by atoms with E-state index in [0.29, 0.717) is 0 Å². The van der Waals surface area contributed by atoms with Gasteiger partial charge in [-0.2, -0.15) is 8.42 Å². The Morgan fingerprint density at radius 2 is 2.00 bits per heavy atom. The molecule has 0 bridgehead atoms. The third-order valence-corrected chi connectivity index (χ3v) is 3.09. The van der Waals surface area contributed by atoms with Crippen molar-refractivity contribution in [1.29, 1.82) is 0 Å². The van der Waals surface area contributed by atoms with Gasteiger partial charge < -0.3 is 9.47 Å². The van der Waals surface area contributed by atoms with Gasteiger partial charge in [-0.25, -0.2) is 4.79 Å². The van der Waals surface area contributed by atoms with E-state index in [-0.39, 0.29) is 10.0 Å². The maximum Gasteiger partial charge on any atom is 0.337 e. The normalized spacial score (nSPS) is 11.3. The lowest BCUT2D eigenvalue weighted by molar-refractivity contribution is -0.138. The van der Waals surface area contributed by atoms with Gasteiger partial charge >= 0.3 is 5.97 Å². The SMILES string of the molecule is COCC(=O)Oc1c(Cl)cc(Cl)cc1S(=O)(=O)O. The second-order valence-electron chi connectivity index (χ2n) is 3.10. The fraction of sp³-hybridized carbons (Fsp3) is 0.222. The van der Waals surface area contributed by atoms with E-state index >= 15 is 0 Å². The average molecular weight is 315 g/mol. The zero-order chi connectivity index (χ0) is 13.9. The Morgan fingerprint density at radius 1 is 1.39 bits per heavy atom. The molecule has 0 fully saturated rings. The number of carbonyl (C=O) groups is 1. The fourth-order valence-electron chi connectivity index (χ4n) is 1.09. The first-order valence-corrected chi connectivity index (χ1v) is 6.61. The molecule has 0 saturated heterocycles. The summed E-state index contributed by atoms with van der Waals surface area (Å²) in [6, 6.07) is 2.09. The van der Waals surface area contributed by atoms with Gasteiger partial charge in [-0.05, 0) is 12.1 Å². The first-order valence-electron chi connectivity index (χ1n) is 4.42. The third-order valence-electron chi connectivity index (χ3n) is 1.73. The molecule has 0 spiro atoms. The van der Waals surface area contributed by atoms with Crippen LogP contribution in [0.15, 0.2) is 17.0 Å². The first kappa shape index (κ1) is 15.2. The molecule has 18 heavy (non-hydrogen) atoms. The lowest BCUT2D eigenvalue weighted by Crippen LogP contribution is -2.16. The number of rotatable bonds is 4. The highest BCUT2D eigenvalue weighted by atomic mass is 35.5. The minimum absolute atomic E-state index is 0.0286. The Bertz CT molecular complexity index is 569. The number of carbonyl (C=O) groups excluding carboxylic acids is 1. The van der Waals surface area contributed by atoms with Crippen molar-refractivity contribution in [2.45, 2.75) is 4.90 Å². The quantitative estimate of drug-likeness (QED) is 0.517. The van der Waals surface area contributed by atoms with Crippen LogP contribution in [0.1, 0.15) is 0 Å². The fourth-order valence-corrected chi connectivity index (χ4v) is 2.40. The molecule has 1 aromatic carbocycles. The molecule has 0 aromatic heterocycles. The zero-order valence-electron chi connectivity index (χ0n) is 9.01. The molecule has 0 radical (unpaired) electrons. The van der Waals surface area contributed by atoms with Gasteiger partial charge in [0.1, 0.15) is 11.5 Å². The number of esters is 1. The van der Waals surface area contributed by atoms with Crippen LogP contribution in [-0.2, 0) is 19.6 Å². The molecule has 0 atom stereocenters. The molecular weight excluding hydrogens is 307 g/mol. The van der Waals surface area contributed by atoms with Crippen LogP contribution in [0.5, 0.6) is 5.75 Å². The van der Waals surface area contributed by atoms with Gasteiger partial charge in [0.05, 0.1) is 5.02 Å². The molecule has 100 valence electrons. The van der Waals surface area contributed by atoms with Crippen molar-refractivity contribution in [1.82, 2.24) is 0 Å². The standard InChI is InChI=1S/C9H8Cl2O6S/c1-16-4-8(12)17-9-6(11)2-5(10)3-7(9)18(13,14)15/h2-3H,4H2,1H3,(H,13,14,15). The molecule has 0 aliphatic heterocycles. The Hall–Kier alpha value is -0.860. The topological polar surface area (TPSA) is 89.9 Å². The van der Waals surface area contributed by atoms with Crippen molar-refractivity contribution < 1.29 is 27.2 Å². The summed E-state index contributed by atoms with van der Waals surface area (Å²) in [5.74, 6) is -1.36. The molecule has 1 aromatic rings. The summed E-state index contributed by atoms with van der Waals surface area (Å²) in [6.45, 7) is -0.399. The molecule has 1 rings (SSSR count). The summed E-state index contributed by atoms with van der Waals surface area (Å²) < 4.78 is 40.4. The third kappa shape index (κ3) is 3.82. The van der Waals surface area contributed by atoms with E-state index in [4.69, 9.17) is 32.5 Å². The summed E-state index contributed by atoms with van der Waals surface area (Å²) in [5.41, 5.74) is 0. The first-order chi connectivity index (χ1) is 8.25. The number of methoxy groups -OCH3 is 1. The highest BCUT2D eigenvalue weighted by Gasteiger charge is 2.23. The lowest BCUT2D eigenvalue weighted by Gasteiger charge is -2.10. The molecule has 0 aliphatic carbocycles. The second-order valence-corrected chi connectivity index (χ2v) is 5.33. The van der Waals surface area contributed by atoms with Crippen molar-refractivity contribution in [2.24, 2.45) is 0 Å². The van der Waals surface area contributed by atoms with Crippen molar-refractivity contribution in [3.8, 4) is 5.75 Å². The van der Waals surface area contributed by atoms with E-state index in [1.54, 1.807) is 0 Å². The summed E-state index contributed by atoms with van der Waals surface area (Å²) in [6.07, 6.45) is 0. The predicted molar refractivity (Wildman–Crippen MR) is 63.8 cm³/mol. The van der Waals surface area contributed by atoms with Crippen molar-refractivity contribution in [2.75, 3.05) is 13.7 Å². The van der Waals surface area contributed by atoms with Crippen LogP contribution in [-0.4, -0.2) is 32.7 Å². The van der Waals surface area contributed by atoms with Crippen LogP contribution >= 0.6 is 23.2 Å². The maximum absolute atomic E-state index is 11.2. The Morgan fingerprint density at radius 3 is 2.50 bits per heavy atom. The molecule has 1 N–H and O–H groups in total. The predicted octanol–water partition coefficient (Wildman–Crippen LogP) is 1.79. The van der Waals surface area contributed by atoms with E-state index in [2.05, 4.69) is 4.74 Å². The van der Waals surface area contributed by atoms with E-state index in [0.717, 1.165) is 6.07 Å². The molecule has 0 heterocycles. The summed E-state index contributed by atoms with van der Waals surface area (Å²) in [4.78, 5) is 10.5. The van der Waals surface area contributed by atoms with Gasteiger partial charge in [-0.1, -0.05) is 23.2 Å². The van der Waals surface area contributed by atoms with Crippen LogP contribution in [0.3, 0.4) is 0 Å². The van der Waals surface area contributed by atoms with Gasteiger partial charge in [-0.3, -0.25) is 4.55 Å². The number of ether oxygens (including phenoxy) is 2. The van der Waals surface area contributed by atoms with Crippen molar-refractivity contribution in [3.63, 3.8) is 0 Å². The maximum atomic E-state index is 11.2. The molecule has 0 aliphatic rings. The van der Waals surface area contributed by atoms with E-state index in [9.17, 15) is 13.2 Å². The van der Waals surface area contributed by atoms with Gasteiger partial charge in [-0.15, -0.1) is 0 Å². The molecule has 0 amide bonds. The van der Waals surface area contributed by atoms with Crippen molar-refractivity contribution in [3.05, 3.63) is 22.2 Å². The Labute approximate surface area is 113 Å². The molecule has 0 unspecified atom stereocenters. The minimum Gasteiger partial charge on any atom is -0.422 e. The van der Waals surface area contributed by atoms with E-state index in [1.165, 1.54) is 13.2 Å². The van der Waals surface area contributed by atoms with Crippen LogP contribution in [0.4, 0.5) is 0 Å². The number of hydrogen-bond donors (Lipinski definition) is 1. The van der Waals surface area contributed by atoms with Crippen molar-refractivity contribution >= 4 is 39.3 Å². The molecule has 6 nitrogen and oxygen atoms in total. The Kier molecular flexibility index (Phi) is 4.94. The summed E-state index contributed by atoms with van der Waals surface area (Å²) in [5, 5.41) is -0.251. The lowest BCUT2D eigenvalue weighted by atomic mass is 10.3. The highest BCUT2D eigenvalue weighted by molar-refractivity contribution is 7.86. The van der Waals surface area contributed by atoms with Gasteiger partial charge in [0, 0.05) is 12.1 Å². The van der Waals surface area contributed by atoms with Gasteiger partial charge in [0.2, 0.25) is 0 Å². The highest BCUT2D eigenvalue weighted by Crippen LogP contribution is 2.35. The Balaban J connectivity index is 3.29. The summed E-state index contributed by atoms with van der Waals surface area (Å²) >= 11 is 11.3. The molecule has 0 saturated carbocycles. The molecular formula is C9H8Cl2O6S. The van der Waals surface area contributed by atoms with Crippen LogP contribution < -0.4 is 4.74 Å². The van der Waals surface area contributed by atoms with Gasteiger partial charge in [0.15, 0.2) is 5.75 Å².